The molecule has 0 atom stereocenters. The first-order chi connectivity index (χ1) is 17.6. The Morgan fingerprint density at radius 2 is 1.78 bits per heavy atom. The van der Waals surface area contributed by atoms with Gasteiger partial charge in [-0.1, -0.05) is 49.6 Å². The number of nitrogens with zero attached hydrogens (tertiary/aromatic N) is 4. The number of nitriles is 1. The standard InChI is InChI=1S/C31H34N4O/c1-22-8-7-13-29(33-22)31(21-32)14-16-34(17-15-31)19-23-18-27-28(26-12-6-5-11-25(23)26)20-35(30(27)36)24-9-3-2-4-10-24/h5-8,11-13,18,24H,2-4,9-10,14-17,19-20H2,1H3. The molecule has 5 nitrogen and oxygen atoms in total. The fourth-order valence-corrected chi connectivity index (χ4v) is 6.66. The Morgan fingerprint density at radius 3 is 2.50 bits per heavy atom. The number of aryl methyl sites for hydroxylation is 1. The number of hydrogen-bond donors (Lipinski definition) is 0. The second-order valence-corrected chi connectivity index (χ2v) is 11.0. The summed E-state index contributed by atoms with van der Waals surface area (Å²) in [5.74, 6) is 0.219. The van der Waals surface area contributed by atoms with Gasteiger partial charge in [0.05, 0.1) is 11.8 Å². The third-order valence-corrected chi connectivity index (χ3v) is 8.77. The molecule has 184 valence electrons. The number of pyridine rings is 1. The molecule has 2 aliphatic heterocycles. The fraction of sp³-hybridized carbons (Fsp3) is 0.452. The predicted molar refractivity (Wildman–Crippen MR) is 141 cm³/mol. The minimum atomic E-state index is -0.515. The van der Waals surface area contributed by atoms with Crippen LogP contribution in [0.2, 0.25) is 0 Å². The van der Waals surface area contributed by atoms with Crippen molar-refractivity contribution >= 4 is 16.7 Å². The molecule has 0 bridgehead atoms. The van der Waals surface area contributed by atoms with Gasteiger partial charge in [0.15, 0.2) is 0 Å². The Balaban J connectivity index is 1.26. The number of benzene rings is 2. The number of amides is 1. The van der Waals surface area contributed by atoms with Gasteiger partial charge in [0.2, 0.25) is 0 Å². The summed E-state index contributed by atoms with van der Waals surface area (Å²) in [5, 5.41) is 12.6. The molecule has 3 aromatic rings. The number of piperidine rings is 1. The molecule has 1 aromatic heterocycles. The first-order valence-corrected chi connectivity index (χ1v) is 13.5. The zero-order chi connectivity index (χ0) is 24.7. The van der Waals surface area contributed by atoms with Gasteiger partial charge in [-0.15, -0.1) is 0 Å². The van der Waals surface area contributed by atoms with Crippen LogP contribution >= 0.6 is 0 Å². The van der Waals surface area contributed by atoms with Crippen molar-refractivity contribution in [3.05, 3.63) is 76.6 Å². The summed E-state index contributed by atoms with van der Waals surface area (Å²) >= 11 is 0. The van der Waals surface area contributed by atoms with Crippen molar-refractivity contribution in [3.63, 3.8) is 0 Å². The molecule has 36 heavy (non-hydrogen) atoms. The van der Waals surface area contributed by atoms with E-state index in [1.165, 1.54) is 41.2 Å². The minimum absolute atomic E-state index is 0.219. The lowest BCUT2D eigenvalue weighted by Crippen LogP contribution is -2.42. The van der Waals surface area contributed by atoms with E-state index in [1.54, 1.807) is 0 Å². The normalized spacial score (nSPS) is 20.4. The minimum Gasteiger partial charge on any atom is -0.331 e. The van der Waals surface area contributed by atoms with Crippen molar-refractivity contribution in [1.29, 1.82) is 5.26 Å². The van der Waals surface area contributed by atoms with E-state index in [9.17, 15) is 10.1 Å². The van der Waals surface area contributed by atoms with Gasteiger partial charge in [-0.05, 0) is 72.7 Å². The van der Waals surface area contributed by atoms with Crippen molar-refractivity contribution < 1.29 is 4.79 Å². The first-order valence-electron chi connectivity index (χ1n) is 13.5. The van der Waals surface area contributed by atoms with E-state index in [4.69, 9.17) is 4.98 Å². The molecular formula is C31H34N4O. The van der Waals surface area contributed by atoms with E-state index in [2.05, 4.69) is 46.2 Å². The molecule has 0 unspecified atom stereocenters. The maximum atomic E-state index is 13.6. The van der Waals surface area contributed by atoms with Gasteiger partial charge in [0.25, 0.3) is 5.91 Å². The molecule has 1 saturated carbocycles. The molecule has 2 fully saturated rings. The monoisotopic (exact) mass is 478 g/mol. The first kappa shape index (κ1) is 23.2. The van der Waals surface area contributed by atoms with Crippen LogP contribution < -0.4 is 0 Å². The lowest BCUT2D eigenvalue weighted by atomic mass is 9.76. The predicted octanol–water partition coefficient (Wildman–Crippen LogP) is 5.89. The molecule has 0 N–H and O–H groups in total. The van der Waals surface area contributed by atoms with Crippen LogP contribution in [0.4, 0.5) is 0 Å². The Bertz CT molecular complexity index is 1340. The van der Waals surface area contributed by atoms with Crippen LogP contribution in [0, 0.1) is 18.3 Å². The molecule has 0 spiro atoms. The largest absolute Gasteiger partial charge is 0.331 e. The summed E-state index contributed by atoms with van der Waals surface area (Å²) in [4.78, 5) is 22.9. The maximum absolute atomic E-state index is 13.6. The Hall–Kier alpha value is -3.23. The zero-order valence-electron chi connectivity index (χ0n) is 21.2. The van der Waals surface area contributed by atoms with Gasteiger partial charge in [-0.25, -0.2) is 0 Å². The third kappa shape index (κ3) is 3.98. The van der Waals surface area contributed by atoms with E-state index in [-0.39, 0.29) is 5.91 Å². The number of carbonyl (C=O) groups excluding carboxylic acids is 1. The highest BCUT2D eigenvalue weighted by Gasteiger charge is 2.39. The highest BCUT2D eigenvalue weighted by molar-refractivity contribution is 6.05. The maximum Gasteiger partial charge on any atom is 0.254 e. The topological polar surface area (TPSA) is 60.2 Å². The number of hydrogen-bond acceptors (Lipinski definition) is 4. The van der Waals surface area contributed by atoms with Crippen molar-refractivity contribution in [2.24, 2.45) is 0 Å². The second-order valence-electron chi connectivity index (χ2n) is 11.0. The smallest absolute Gasteiger partial charge is 0.254 e. The zero-order valence-corrected chi connectivity index (χ0v) is 21.2. The fourth-order valence-electron chi connectivity index (χ4n) is 6.66. The Labute approximate surface area is 213 Å². The average molecular weight is 479 g/mol. The molecule has 3 aliphatic rings. The van der Waals surface area contributed by atoms with Crippen molar-refractivity contribution in [2.75, 3.05) is 13.1 Å². The second kappa shape index (κ2) is 9.33. The van der Waals surface area contributed by atoms with Gasteiger partial charge >= 0.3 is 0 Å². The third-order valence-electron chi connectivity index (χ3n) is 8.77. The van der Waals surface area contributed by atoms with Crippen molar-refractivity contribution in [1.82, 2.24) is 14.8 Å². The molecule has 6 rings (SSSR count). The van der Waals surface area contributed by atoms with Crippen LogP contribution in [0.1, 0.15) is 77.8 Å². The summed E-state index contributed by atoms with van der Waals surface area (Å²) in [6.07, 6.45) is 7.57. The average Bonchev–Trinajstić information content (AvgIpc) is 3.26. The molecule has 1 saturated heterocycles. The number of rotatable bonds is 4. The molecule has 5 heteroatoms. The SMILES string of the molecule is Cc1cccc(C2(C#N)CCN(Cc3cc4c(c5ccccc35)CN(C3CCCCC3)C4=O)CC2)n1. The Kier molecular flexibility index (Phi) is 6.01. The molecule has 0 radical (unpaired) electrons. The number of carbonyl (C=O) groups is 1. The number of likely N-dealkylation sites (tertiary alicyclic amines) is 1. The van der Waals surface area contributed by atoms with Gasteiger partial charge in [-0.2, -0.15) is 5.26 Å². The van der Waals surface area contributed by atoms with Crippen LogP contribution in [0.15, 0.2) is 48.5 Å². The van der Waals surface area contributed by atoms with E-state index >= 15 is 0 Å². The van der Waals surface area contributed by atoms with Gasteiger partial charge in [0.1, 0.15) is 5.41 Å². The van der Waals surface area contributed by atoms with E-state index in [0.717, 1.165) is 68.8 Å². The molecule has 3 heterocycles. The van der Waals surface area contributed by atoms with Crippen molar-refractivity contribution in [3.8, 4) is 6.07 Å². The summed E-state index contributed by atoms with van der Waals surface area (Å²) in [6, 6.07) is 19.8. The Morgan fingerprint density at radius 1 is 1.03 bits per heavy atom. The quantitative estimate of drug-likeness (QED) is 0.469. The molecular weight excluding hydrogens is 444 g/mol. The number of fused-ring (bicyclic) bond motifs is 3. The van der Waals surface area contributed by atoms with E-state index in [0.29, 0.717) is 6.04 Å². The lowest BCUT2D eigenvalue weighted by Gasteiger charge is -2.37. The summed E-state index contributed by atoms with van der Waals surface area (Å²) in [5.41, 5.74) is 4.68. The summed E-state index contributed by atoms with van der Waals surface area (Å²) < 4.78 is 0. The molecule has 1 aliphatic carbocycles. The highest BCUT2D eigenvalue weighted by Crippen LogP contribution is 2.38. The van der Waals surface area contributed by atoms with Crippen LogP contribution in [0.25, 0.3) is 10.8 Å². The van der Waals surface area contributed by atoms with E-state index in [1.807, 2.05) is 25.1 Å². The van der Waals surface area contributed by atoms with E-state index < -0.39 is 5.41 Å². The number of aromatic nitrogens is 1. The van der Waals surface area contributed by atoms with Crippen LogP contribution in [0.3, 0.4) is 0 Å². The van der Waals surface area contributed by atoms with Gasteiger partial charge in [0, 0.05) is 43.5 Å². The summed E-state index contributed by atoms with van der Waals surface area (Å²) in [6.45, 7) is 5.22. The van der Waals surface area contributed by atoms with Crippen LogP contribution in [-0.2, 0) is 18.5 Å². The van der Waals surface area contributed by atoms with Crippen LogP contribution in [0.5, 0.6) is 0 Å². The van der Waals surface area contributed by atoms with Gasteiger partial charge in [-0.3, -0.25) is 14.7 Å². The lowest BCUT2D eigenvalue weighted by molar-refractivity contribution is 0.0660. The van der Waals surface area contributed by atoms with Gasteiger partial charge < -0.3 is 4.90 Å². The van der Waals surface area contributed by atoms with Crippen molar-refractivity contribution in [2.45, 2.75) is 76.4 Å². The van der Waals surface area contributed by atoms with Crippen LogP contribution in [-0.4, -0.2) is 39.8 Å². The molecule has 1 amide bonds. The highest BCUT2D eigenvalue weighted by atomic mass is 16.2. The summed E-state index contributed by atoms with van der Waals surface area (Å²) in [7, 11) is 0. The molecule has 2 aromatic carbocycles.